The number of nitrogens with one attached hydrogen (secondary N) is 1. The molecule has 11 heteroatoms. The van der Waals surface area contributed by atoms with E-state index in [0.717, 1.165) is 6.20 Å². The molecular weight excluding hydrogens is 352 g/mol. The van der Waals surface area contributed by atoms with Gasteiger partial charge in [-0.05, 0) is 24.3 Å². The van der Waals surface area contributed by atoms with Crippen LogP contribution in [0, 0.1) is 0 Å². The second-order valence-corrected chi connectivity index (χ2v) is 7.00. The Morgan fingerprint density at radius 3 is 2.12 bits per heavy atom. The first kappa shape index (κ1) is 18.3. The van der Waals surface area contributed by atoms with E-state index in [1.54, 1.807) is 0 Å². The number of hydrogen-bond donors (Lipinski definition) is 3. The number of guanidine groups is 1. The molecule has 0 atom stereocenters. The number of nitrogens with zero attached hydrogens (tertiary/aromatic N) is 1. The highest BCUT2D eigenvalue weighted by atomic mass is 32.2. The van der Waals surface area contributed by atoms with Gasteiger partial charge in [0.1, 0.15) is 0 Å². The summed E-state index contributed by atoms with van der Waals surface area (Å²) in [4.78, 5) is 23.4. The van der Waals surface area contributed by atoms with Crippen LogP contribution in [0.5, 0.6) is 0 Å². The summed E-state index contributed by atoms with van der Waals surface area (Å²) in [6, 6.07) is 5.30. The summed E-state index contributed by atoms with van der Waals surface area (Å²) >= 11 is 0. The fraction of sp³-hybridized carbons (Fsp3) is 0.214. The van der Waals surface area contributed by atoms with Crippen LogP contribution in [-0.4, -0.2) is 32.1 Å². The maximum absolute atomic E-state index is 11.8. The molecule has 1 aromatic carbocycles. The van der Waals surface area contributed by atoms with Gasteiger partial charge in [0, 0.05) is 25.7 Å². The van der Waals surface area contributed by atoms with Crippen LogP contribution in [-0.2, 0) is 29.1 Å². The summed E-state index contributed by atoms with van der Waals surface area (Å²) in [5.74, 6) is -3.57. The van der Waals surface area contributed by atoms with E-state index in [-0.39, 0.29) is 10.5 Å². The Balaban J connectivity index is 2.16. The topological polar surface area (TPSA) is 163 Å². The molecule has 25 heavy (non-hydrogen) atoms. The Bertz CT molecular complexity index is 845. The normalized spacial score (nSPS) is 16.5. The van der Waals surface area contributed by atoms with Gasteiger partial charge < -0.3 is 26.3 Å². The number of sulfonamides is 1. The standard InChI is InChI=1S/C14H16N4O6S/c1-14(2)23-11(19)10(12(20)24-14)7-17-8-3-5-9(6-4-8)25(21,22)18-13(15)16/h3-7,17H,1-2H3,(H4,15,16,18). The van der Waals surface area contributed by atoms with Crippen LogP contribution in [0.4, 0.5) is 5.69 Å². The van der Waals surface area contributed by atoms with Crippen LogP contribution in [0.2, 0.25) is 0 Å². The van der Waals surface area contributed by atoms with Crippen molar-refractivity contribution in [3.63, 3.8) is 0 Å². The van der Waals surface area contributed by atoms with Gasteiger partial charge in [-0.2, -0.15) is 8.42 Å². The van der Waals surface area contributed by atoms with Gasteiger partial charge in [-0.1, -0.05) is 0 Å². The summed E-state index contributed by atoms with van der Waals surface area (Å²) in [6.07, 6.45) is 1.11. The van der Waals surface area contributed by atoms with E-state index < -0.39 is 33.7 Å². The fourth-order valence-corrected chi connectivity index (χ4v) is 2.71. The highest BCUT2D eigenvalue weighted by molar-refractivity contribution is 7.90. The molecule has 1 saturated heterocycles. The number of anilines is 1. The molecule has 1 aromatic rings. The van der Waals surface area contributed by atoms with Crippen molar-refractivity contribution in [1.82, 2.24) is 0 Å². The van der Waals surface area contributed by atoms with Crippen LogP contribution in [0.15, 0.2) is 45.3 Å². The van der Waals surface area contributed by atoms with Crippen molar-refractivity contribution in [1.29, 1.82) is 0 Å². The Kier molecular flexibility index (Phi) is 4.70. The second kappa shape index (κ2) is 6.43. The molecule has 1 heterocycles. The molecule has 1 fully saturated rings. The Morgan fingerprint density at radius 1 is 1.12 bits per heavy atom. The minimum atomic E-state index is -4.00. The van der Waals surface area contributed by atoms with Gasteiger partial charge in [-0.3, -0.25) is 0 Å². The van der Waals surface area contributed by atoms with E-state index >= 15 is 0 Å². The lowest BCUT2D eigenvalue weighted by Gasteiger charge is -2.29. The van der Waals surface area contributed by atoms with Crippen molar-refractivity contribution >= 4 is 33.6 Å². The van der Waals surface area contributed by atoms with Crippen molar-refractivity contribution in [2.24, 2.45) is 15.9 Å². The molecule has 0 unspecified atom stereocenters. The zero-order chi connectivity index (χ0) is 18.8. The maximum Gasteiger partial charge on any atom is 0.350 e. The van der Waals surface area contributed by atoms with Gasteiger partial charge in [-0.25, -0.2) is 9.59 Å². The number of esters is 2. The Morgan fingerprint density at radius 2 is 1.64 bits per heavy atom. The molecule has 0 radical (unpaired) electrons. The van der Waals surface area contributed by atoms with Gasteiger partial charge in [0.25, 0.3) is 15.8 Å². The number of benzene rings is 1. The fourth-order valence-electron chi connectivity index (χ4n) is 1.85. The maximum atomic E-state index is 11.8. The van der Waals surface area contributed by atoms with Crippen molar-refractivity contribution in [2.45, 2.75) is 24.5 Å². The smallest absolute Gasteiger partial charge is 0.350 e. The number of ether oxygens (including phenoxy) is 2. The van der Waals surface area contributed by atoms with Crippen molar-refractivity contribution in [3.8, 4) is 0 Å². The molecule has 5 N–H and O–H groups in total. The number of cyclic esters (lactones) is 2. The molecule has 0 spiro atoms. The van der Waals surface area contributed by atoms with Gasteiger partial charge in [0.15, 0.2) is 5.57 Å². The van der Waals surface area contributed by atoms with Crippen LogP contribution in [0.3, 0.4) is 0 Å². The third kappa shape index (κ3) is 4.47. The molecule has 10 nitrogen and oxygen atoms in total. The lowest BCUT2D eigenvalue weighted by atomic mass is 10.2. The predicted molar refractivity (Wildman–Crippen MR) is 87.4 cm³/mol. The summed E-state index contributed by atoms with van der Waals surface area (Å²) in [5, 5.41) is 2.68. The largest absolute Gasteiger partial charge is 0.419 e. The number of carbonyl (C=O) groups is 2. The van der Waals surface area contributed by atoms with Crippen LogP contribution in [0.1, 0.15) is 13.8 Å². The van der Waals surface area contributed by atoms with Crippen molar-refractivity contribution in [3.05, 3.63) is 36.0 Å². The summed E-state index contributed by atoms with van der Waals surface area (Å²) in [6.45, 7) is 2.87. The predicted octanol–water partition coefficient (Wildman–Crippen LogP) is -0.219. The lowest BCUT2D eigenvalue weighted by Crippen LogP contribution is -2.42. The van der Waals surface area contributed by atoms with Crippen molar-refractivity contribution < 1.29 is 27.5 Å². The van der Waals surface area contributed by atoms with Gasteiger partial charge in [-0.15, -0.1) is 4.40 Å². The number of carbonyl (C=O) groups excluding carboxylic acids is 2. The quantitative estimate of drug-likeness (QED) is 0.214. The first-order valence-electron chi connectivity index (χ1n) is 6.89. The minimum Gasteiger partial charge on any atom is -0.419 e. The SMILES string of the molecule is CC1(C)OC(=O)C(=CNc2ccc(S(=O)(=O)N=C(N)N)cc2)C(=O)O1. The third-order valence-electron chi connectivity index (χ3n) is 2.88. The van der Waals surface area contributed by atoms with E-state index in [4.69, 9.17) is 20.9 Å². The van der Waals surface area contributed by atoms with E-state index in [1.807, 2.05) is 0 Å². The zero-order valence-corrected chi connectivity index (χ0v) is 14.2. The summed E-state index contributed by atoms with van der Waals surface area (Å²) < 4.78 is 36.6. The Labute approximate surface area is 143 Å². The molecule has 1 aliphatic rings. The zero-order valence-electron chi connectivity index (χ0n) is 13.3. The van der Waals surface area contributed by atoms with E-state index in [0.29, 0.717) is 5.69 Å². The first-order chi connectivity index (χ1) is 11.5. The third-order valence-corrected chi connectivity index (χ3v) is 4.20. The highest BCUT2D eigenvalue weighted by Gasteiger charge is 2.38. The molecule has 0 aromatic heterocycles. The van der Waals surface area contributed by atoms with Gasteiger partial charge >= 0.3 is 11.9 Å². The van der Waals surface area contributed by atoms with Crippen LogP contribution < -0.4 is 16.8 Å². The number of hydrogen-bond acceptors (Lipinski definition) is 7. The molecule has 0 saturated carbocycles. The first-order valence-corrected chi connectivity index (χ1v) is 8.33. The monoisotopic (exact) mass is 368 g/mol. The molecule has 1 aliphatic heterocycles. The van der Waals surface area contributed by atoms with Crippen LogP contribution >= 0.6 is 0 Å². The lowest BCUT2D eigenvalue weighted by molar-refractivity contribution is -0.222. The molecule has 134 valence electrons. The van der Waals surface area contributed by atoms with Gasteiger partial charge in [0.05, 0.1) is 4.90 Å². The highest BCUT2D eigenvalue weighted by Crippen LogP contribution is 2.23. The van der Waals surface area contributed by atoms with Crippen molar-refractivity contribution in [2.75, 3.05) is 5.32 Å². The van der Waals surface area contributed by atoms with E-state index in [9.17, 15) is 18.0 Å². The second-order valence-electron chi connectivity index (χ2n) is 5.40. The summed E-state index contributed by atoms with van der Waals surface area (Å²) in [7, 11) is -4.00. The Hall–Kier alpha value is -3.08. The molecule has 0 amide bonds. The number of nitrogens with two attached hydrogens (primary N) is 2. The molecular formula is C14H16N4O6S. The van der Waals surface area contributed by atoms with E-state index in [1.165, 1.54) is 38.1 Å². The van der Waals surface area contributed by atoms with Gasteiger partial charge in [0.2, 0.25) is 5.96 Å². The average molecular weight is 368 g/mol. The number of rotatable bonds is 4. The molecule has 2 rings (SSSR count). The van der Waals surface area contributed by atoms with Crippen LogP contribution in [0.25, 0.3) is 0 Å². The summed E-state index contributed by atoms with van der Waals surface area (Å²) in [5.41, 5.74) is 10.2. The van der Waals surface area contributed by atoms with E-state index in [2.05, 4.69) is 9.71 Å². The minimum absolute atomic E-state index is 0.127. The average Bonchev–Trinajstić information content (AvgIpc) is 2.44. The molecule has 0 aliphatic carbocycles. The molecule has 0 bridgehead atoms.